The Balaban J connectivity index is 1.57. The van der Waals surface area contributed by atoms with Crippen LogP contribution in [0.1, 0.15) is 22.2 Å². The van der Waals surface area contributed by atoms with Crippen LogP contribution in [0.5, 0.6) is 11.8 Å². The molecule has 0 saturated carbocycles. The third kappa shape index (κ3) is 3.72. The Kier molecular flexibility index (Phi) is 5.54. The van der Waals surface area contributed by atoms with E-state index in [4.69, 9.17) is 28.9 Å². The fourth-order valence-corrected chi connectivity index (χ4v) is 4.71. The van der Waals surface area contributed by atoms with Crippen LogP contribution >= 0.6 is 22.9 Å². The van der Waals surface area contributed by atoms with Crippen molar-refractivity contribution in [2.75, 3.05) is 25.0 Å². The zero-order valence-electron chi connectivity index (χ0n) is 16.9. The van der Waals surface area contributed by atoms with Gasteiger partial charge < -0.3 is 20.1 Å². The largest absolute Gasteiger partial charge is 0.418 e. The molecule has 5 rings (SSSR count). The number of rotatable bonds is 5. The lowest BCUT2D eigenvalue weighted by molar-refractivity contribution is 0.0962. The summed E-state index contributed by atoms with van der Waals surface area (Å²) in [6.45, 7) is 3.72. The zero-order valence-corrected chi connectivity index (χ0v) is 18.5. The van der Waals surface area contributed by atoms with Gasteiger partial charge in [0.15, 0.2) is 0 Å². The topological polar surface area (TPSA) is 111 Å². The highest BCUT2D eigenvalue weighted by Gasteiger charge is 2.23. The smallest absolute Gasteiger partial charge is 0.263 e. The predicted octanol–water partition coefficient (Wildman–Crippen LogP) is 2.57. The molecule has 1 aromatic carbocycles. The summed E-state index contributed by atoms with van der Waals surface area (Å²) >= 11 is 7.39. The lowest BCUT2D eigenvalue weighted by atomic mass is 9.99. The fourth-order valence-electron chi connectivity index (χ4n) is 3.45. The summed E-state index contributed by atoms with van der Waals surface area (Å²) in [7, 11) is 5.98. The van der Waals surface area contributed by atoms with Crippen molar-refractivity contribution in [3.05, 3.63) is 34.1 Å². The molecular formula is C20H16BClN6O3S. The van der Waals surface area contributed by atoms with E-state index in [1.807, 2.05) is 19.1 Å². The molecule has 0 unspecified atom stereocenters. The number of aromatic nitrogens is 4. The Morgan fingerprint density at radius 1 is 1.22 bits per heavy atom. The maximum Gasteiger partial charge on any atom is 0.263 e. The number of ether oxygens (including phenoxy) is 2. The number of anilines is 1. The second kappa shape index (κ2) is 8.49. The van der Waals surface area contributed by atoms with E-state index in [0.29, 0.717) is 41.2 Å². The molecule has 12 heteroatoms. The van der Waals surface area contributed by atoms with Crippen molar-refractivity contribution in [2.45, 2.75) is 13.5 Å². The van der Waals surface area contributed by atoms with Gasteiger partial charge in [0.25, 0.3) is 5.91 Å². The molecule has 2 N–H and O–H groups in total. The van der Waals surface area contributed by atoms with Crippen LogP contribution in [0.25, 0.3) is 21.1 Å². The highest BCUT2D eigenvalue weighted by atomic mass is 35.5. The van der Waals surface area contributed by atoms with Crippen molar-refractivity contribution in [3.8, 4) is 11.8 Å². The first-order valence-corrected chi connectivity index (χ1v) is 11.1. The molecule has 0 saturated heterocycles. The maximum atomic E-state index is 12.4. The van der Waals surface area contributed by atoms with Crippen LogP contribution in [0.2, 0.25) is 5.28 Å². The summed E-state index contributed by atoms with van der Waals surface area (Å²) in [6.07, 6.45) is 1.50. The fraction of sp³-hybridized carbons (Fsp3) is 0.250. The molecule has 9 nitrogen and oxygen atoms in total. The van der Waals surface area contributed by atoms with Crippen molar-refractivity contribution in [1.82, 2.24) is 25.3 Å². The molecule has 4 aromatic rings. The van der Waals surface area contributed by atoms with Gasteiger partial charge in [-0.3, -0.25) is 4.79 Å². The summed E-state index contributed by atoms with van der Waals surface area (Å²) in [4.78, 5) is 30.3. The van der Waals surface area contributed by atoms with E-state index in [1.165, 1.54) is 17.5 Å². The minimum absolute atomic E-state index is 0.0430. The van der Waals surface area contributed by atoms with Gasteiger partial charge >= 0.3 is 0 Å². The molecule has 0 spiro atoms. The van der Waals surface area contributed by atoms with Crippen molar-refractivity contribution >= 4 is 69.1 Å². The third-order valence-electron chi connectivity index (χ3n) is 4.89. The van der Waals surface area contributed by atoms with E-state index in [-0.39, 0.29) is 35.2 Å². The number of carbonyl (C=O) groups excluding carboxylic acids is 1. The first-order valence-electron chi connectivity index (χ1n) is 9.87. The second-order valence-electron chi connectivity index (χ2n) is 6.90. The van der Waals surface area contributed by atoms with E-state index in [1.54, 1.807) is 0 Å². The van der Waals surface area contributed by atoms with E-state index in [9.17, 15) is 4.79 Å². The highest BCUT2D eigenvalue weighted by molar-refractivity contribution is 7.21. The number of nitrogens with one attached hydrogen (secondary N) is 2. The zero-order chi connectivity index (χ0) is 22.2. The number of thiophene rings is 1. The predicted molar refractivity (Wildman–Crippen MR) is 124 cm³/mol. The minimum Gasteiger partial charge on any atom is -0.418 e. The number of amides is 1. The Labute approximate surface area is 192 Å². The average Bonchev–Trinajstić information content (AvgIpc) is 3.05. The molecule has 1 aliphatic rings. The third-order valence-corrected chi connectivity index (χ3v) is 6.21. The standard InChI is InChI=1S/C20H16BClN6O3S/c1-2-30-8-9-17(21)27-20(22)28-19(9)31-12-7-25-14-10(26-12)3-4-11-13(14)15-16(32-11)18(29)24-6-5-23-15/h3-4,7,23H,2,5-6,8H2,1H3,(H,24,29). The highest BCUT2D eigenvalue weighted by Crippen LogP contribution is 2.40. The summed E-state index contributed by atoms with van der Waals surface area (Å²) in [5.41, 5.74) is 2.72. The van der Waals surface area contributed by atoms with Crippen molar-refractivity contribution in [3.63, 3.8) is 0 Å². The monoisotopic (exact) mass is 466 g/mol. The number of hydrogen-bond acceptors (Lipinski definition) is 9. The summed E-state index contributed by atoms with van der Waals surface area (Å²) in [6, 6.07) is 3.76. The lowest BCUT2D eigenvalue weighted by Gasteiger charge is -2.12. The minimum atomic E-state index is -0.0904. The van der Waals surface area contributed by atoms with Gasteiger partial charge in [-0.05, 0) is 30.7 Å². The average molecular weight is 467 g/mol. The Morgan fingerprint density at radius 2 is 2.06 bits per heavy atom. The van der Waals surface area contributed by atoms with E-state index < -0.39 is 0 Å². The molecule has 2 radical (unpaired) electrons. The molecule has 4 heterocycles. The number of halogens is 1. The van der Waals surface area contributed by atoms with Gasteiger partial charge in [-0.15, -0.1) is 11.3 Å². The number of nitrogens with zero attached hydrogens (tertiary/aromatic N) is 4. The SMILES string of the molecule is [B]c1nc(Cl)nc(Oc2cnc3c(ccc4sc5c(c43)NCCNC5=O)n2)c1COCC. The van der Waals surface area contributed by atoms with Crippen LogP contribution in [0, 0.1) is 0 Å². The van der Waals surface area contributed by atoms with Crippen LogP contribution < -0.4 is 21.0 Å². The Bertz CT molecular complexity index is 1360. The molecular weight excluding hydrogens is 451 g/mol. The summed E-state index contributed by atoms with van der Waals surface area (Å²) < 4.78 is 12.3. The maximum absolute atomic E-state index is 12.4. The lowest BCUT2D eigenvalue weighted by Crippen LogP contribution is -2.24. The number of benzene rings is 1. The molecule has 32 heavy (non-hydrogen) atoms. The number of hydrogen-bond donors (Lipinski definition) is 2. The van der Waals surface area contributed by atoms with Gasteiger partial charge in [-0.2, -0.15) is 4.98 Å². The van der Waals surface area contributed by atoms with Gasteiger partial charge in [0.05, 0.1) is 35.1 Å². The number of fused-ring (bicyclic) bond motifs is 5. The van der Waals surface area contributed by atoms with E-state index in [0.717, 1.165) is 15.8 Å². The van der Waals surface area contributed by atoms with Crippen LogP contribution in [-0.2, 0) is 11.3 Å². The van der Waals surface area contributed by atoms with Crippen molar-refractivity contribution in [1.29, 1.82) is 0 Å². The van der Waals surface area contributed by atoms with Gasteiger partial charge in [0, 0.05) is 35.4 Å². The molecule has 1 aliphatic heterocycles. The van der Waals surface area contributed by atoms with Crippen LogP contribution in [-0.4, -0.2) is 53.4 Å². The number of carbonyl (C=O) groups is 1. The quantitative estimate of drug-likeness (QED) is 0.341. The second-order valence-corrected chi connectivity index (χ2v) is 8.29. The Hall–Kier alpha value is -3.02. The molecule has 160 valence electrons. The molecule has 0 atom stereocenters. The summed E-state index contributed by atoms with van der Waals surface area (Å²) in [5.74, 6) is 0.288. The van der Waals surface area contributed by atoms with Crippen LogP contribution in [0.4, 0.5) is 5.69 Å². The van der Waals surface area contributed by atoms with Crippen molar-refractivity contribution < 1.29 is 14.3 Å². The molecule has 3 aromatic heterocycles. The molecule has 0 bridgehead atoms. The van der Waals surface area contributed by atoms with Gasteiger partial charge in [-0.25, -0.2) is 15.0 Å². The normalized spacial score (nSPS) is 13.5. The van der Waals surface area contributed by atoms with E-state index >= 15 is 0 Å². The molecule has 0 aliphatic carbocycles. The van der Waals surface area contributed by atoms with Gasteiger partial charge in [0.1, 0.15) is 12.7 Å². The summed E-state index contributed by atoms with van der Waals surface area (Å²) in [5, 5.41) is 7.04. The molecule has 1 amide bonds. The van der Waals surface area contributed by atoms with Crippen LogP contribution in [0.3, 0.4) is 0 Å². The molecule has 0 fully saturated rings. The van der Waals surface area contributed by atoms with Gasteiger partial charge in [-0.1, -0.05) is 0 Å². The van der Waals surface area contributed by atoms with Gasteiger partial charge in [0.2, 0.25) is 17.0 Å². The van der Waals surface area contributed by atoms with Crippen LogP contribution in [0.15, 0.2) is 18.3 Å². The first kappa shape index (κ1) is 20.9. The first-order chi connectivity index (χ1) is 15.5. The Morgan fingerprint density at radius 3 is 2.91 bits per heavy atom. The van der Waals surface area contributed by atoms with E-state index in [2.05, 4.69) is 30.6 Å². The van der Waals surface area contributed by atoms with Crippen molar-refractivity contribution in [2.24, 2.45) is 0 Å².